The molecule has 0 atom stereocenters. The number of fused-ring (bicyclic) bond motifs is 1. The maximum absolute atomic E-state index is 4.65. The van der Waals surface area contributed by atoms with Gasteiger partial charge in [0.1, 0.15) is 5.03 Å². The first-order chi connectivity index (χ1) is 11.4. The van der Waals surface area contributed by atoms with E-state index in [9.17, 15) is 0 Å². The van der Waals surface area contributed by atoms with Crippen molar-refractivity contribution >= 4 is 17.4 Å². The molecule has 0 amide bonds. The molecule has 0 fully saturated rings. The summed E-state index contributed by atoms with van der Waals surface area (Å²) in [6.07, 6.45) is 1.81. The second kappa shape index (κ2) is 6.18. The van der Waals surface area contributed by atoms with Gasteiger partial charge >= 0.3 is 0 Å². The van der Waals surface area contributed by atoms with Crippen LogP contribution < -0.4 is 0 Å². The van der Waals surface area contributed by atoms with E-state index < -0.39 is 0 Å². The van der Waals surface area contributed by atoms with Gasteiger partial charge in [0.15, 0.2) is 11.5 Å². The van der Waals surface area contributed by atoms with E-state index in [0.717, 1.165) is 33.5 Å². The molecule has 6 heteroatoms. The summed E-state index contributed by atoms with van der Waals surface area (Å²) in [6.45, 7) is 0. The number of thioether (sulfide) groups is 1. The number of pyridine rings is 1. The Kier molecular flexibility index (Phi) is 3.73. The van der Waals surface area contributed by atoms with Crippen molar-refractivity contribution in [1.82, 2.24) is 24.8 Å². The Morgan fingerprint density at radius 2 is 1.74 bits per heavy atom. The Balaban J connectivity index is 1.65. The fourth-order valence-corrected chi connectivity index (χ4v) is 3.02. The lowest BCUT2D eigenvalue weighted by Gasteiger charge is -2.03. The number of benzene rings is 1. The first kappa shape index (κ1) is 13.9. The molecule has 1 aromatic carbocycles. The van der Waals surface area contributed by atoms with Gasteiger partial charge in [-0.1, -0.05) is 48.2 Å². The van der Waals surface area contributed by atoms with Gasteiger partial charge in [0, 0.05) is 17.5 Å². The van der Waals surface area contributed by atoms with E-state index in [-0.39, 0.29) is 0 Å². The van der Waals surface area contributed by atoms with E-state index in [1.807, 2.05) is 60.7 Å². The molecule has 5 nitrogen and oxygen atoms in total. The van der Waals surface area contributed by atoms with Crippen molar-refractivity contribution in [3.05, 3.63) is 72.6 Å². The standard InChI is InChI=1S/C17H13N5S/c1-2-6-13(7-3-1)17-20-19-15-9-10-16(21-22(15)17)23-12-14-8-4-5-11-18-14/h1-11H,12H2. The summed E-state index contributed by atoms with van der Waals surface area (Å²) in [5.41, 5.74) is 2.77. The van der Waals surface area contributed by atoms with Crippen molar-refractivity contribution in [2.75, 3.05) is 0 Å². The van der Waals surface area contributed by atoms with Crippen LogP contribution >= 0.6 is 11.8 Å². The van der Waals surface area contributed by atoms with Crippen molar-refractivity contribution in [1.29, 1.82) is 0 Å². The minimum Gasteiger partial charge on any atom is -0.260 e. The summed E-state index contributed by atoms with van der Waals surface area (Å²) in [6, 6.07) is 19.8. The molecule has 4 rings (SSSR count). The Labute approximate surface area is 137 Å². The molecule has 0 aliphatic heterocycles. The van der Waals surface area contributed by atoms with Crippen LogP contribution in [0.1, 0.15) is 5.69 Å². The minimum atomic E-state index is 0.742. The van der Waals surface area contributed by atoms with Gasteiger partial charge < -0.3 is 0 Å². The molecule has 4 aromatic rings. The van der Waals surface area contributed by atoms with Gasteiger partial charge in [-0.2, -0.15) is 9.61 Å². The van der Waals surface area contributed by atoms with Gasteiger partial charge in [-0.05, 0) is 24.3 Å². The van der Waals surface area contributed by atoms with Crippen molar-refractivity contribution in [2.24, 2.45) is 0 Å². The second-order valence-corrected chi connectivity index (χ2v) is 5.94. The topological polar surface area (TPSA) is 56.0 Å². The Bertz CT molecular complexity index is 922. The SMILES string of the molecule is c1ccc(-c2nnc3ccc(SCc4ccccn4)nn23)cc1. The van der Waals surface area contributed by atoms with Gasteiger partial charge in [0.25, 0.3) is 0 Å². The van der Waals surface area contributed by atoms with Crippen LogP contribution in [0.3, 0.4) is 0 Å². The normalized spacial score (nSPS) is 11.0. The van der Waals surface area contributed by atoms with Gasteiger partial charge in [-0.25, -0.2) is 0 Å². The minimum absolute atomic E-state index is 0.742. The zero-order valence-corrected chi connectivity index (χ0v) is 13.0. The summed E-state index contributed by atoms with van der Waals surface area (Å²) in [5, 5.41) is 14.0. The highest BCUT2D eigenvalue weighted by Crippen LogP contribution is 2.22. The molecule has 0 bridgehead atoms. The van der Waals surface area contributed by atoms with Crippen LogP contribution in [0, 0.1) is 0 Å². The first-order valence-corrected chi connectivity index (χ1v) is 8.19. The van der Waals surface area contributed by atoms with E-state index in [0.29, 0.717) is 0 Å². The molecule has 0 saturated heterocycles. The number of rotatable bonds is 4. The summed E-state index contributed by atoms with van der Waals surface area (Å²) >= 11 is 1.65. The highest BCUT2D eigenvalue weighted by molar-refractivity contribution is 7.98. The van der Waals surface area contributed by atoms with E-state index in [1.165, 1.54) is 0 Å². The summed E-state index contributed by atoms with van der Waals surface area (Å²) in [7, 11) is 0. The highest BCUT2D eigenvalue weighted by atomic mass is 32.2. The number of hydrogen-bond donors (Lipinski definition) is 0. The van der Waals surface area contributed by atoms with E-state index in [1.54, 1.807) is 22.5 Å². The van der Waals surface area contributed by atoms with Crippen LogP contribution in [-0.2, 0) is 5.75 Å². The molecular weight excluding hydrogens is 306 g/mol. The highest BCUT2D eigenvalue weighted by Gasteiger charge is 2.10. The number of aromatic nitrogens is 5. The molecule has 0 N–H and O–H groups in total. The lowest BCUT2D eigenvalue weighted by molar-refractivity contribution is 0.860. The molecule has 3 aromatic heterocycles. The molecule has 3 heterocycles. The zero-order chi connectivity index (χ0) is 15.5. The predicted octanol–water partition coefficient (Wildman–Crippen LogP) is 3.48. The van der Waals surface area contributed by atoms with Crippen LogP contribution in [0.15, 0.2) is 71.9 Å². The van der Waals surface area contributed by atoms with Crippen molar-refractivity contribution < 1.29 is 0 Å². The lowest BCUT2D eigenvalue weighted by Crippen LogP contribution is -1.96. The van der Waals surface area contributed by atoms with Gasteiger partial charge in [-0.3, -0.25) is 4.98 Å². The Morgan fingerprint density at radius 1 is 0.870 bits per heavy atom. The van der Waals surface area contributed by atoms with Crippen LogP contribution in [0.5, 0.6) is 0 Å². The average Bonchev–Trinajstić information content (AvgIpc) is 3.05. The lowest BCUT2D eigenvalue weighted by atomic mass is 10.2. The quantitative estimate of drug-likeness (QED) is 0.539. The van der Waals surface area contributed by atoms with Crippen LogP contribution in [0.4, 0.5) is 0 Å². The van der Waals surface area contributed by atoms with E-state index in [2.05, 4.69) is 20.3 Å². The van der Waals surface area contributed by atoms with Crippen LogP contribution in [0.2, 0.25) is 0 Å². The molecule has 0 aliphatic carbocycles. The van der Waals surface area contributed by atoms with Crippen LogP contribution in [0.25, 0.3) is 17.0 Å². The molecule has 0 unspecified atom stereocenters. The largest absolute Gasteiger partial charge is 0.260 e. The van der Waals surface area contributed by atoms with E-state index >= 15 is 0 Å². The second-order valence-electron chi connectivity index (χ2n) is 4.94. The number of nitrogens with zero attached hydrogens (tertiary/aromatic N) is 5. The Morgan fingerprint density at radius 3 is 2.57 bits per heavy atom. The summed E-state index contributed by atoms with van der Waals surface area (Å²) in [4.78, 5) is 4.33. The molecule has 23 heavy (non-hydrogen) atoms. The third kappa shape index (κ3) is 2.93. The molecule has 0 aliphatic rings. The zero-order valence-electron chi connectivity index (χ0n) is 12.2. The molecule has 0 spiro atoms. The maximum atomic E-state index is 4.65. The smallest absolute Gasteiger partial charge is 0.185 e. The van der Waals surface area contributed by atoms with Crippen molar-refractivity contribution in [2.45, 2.75) is 10.8 Å². The molecule has 0 radical (unpaired) electrons. The molecule has 112 valence electrons. The van der Waals surface area contributed by atoms with Crippen molar-refractivity contribution in [3.8, 4) is 11.4 Å². The fraction of sp³-hybridized carbons (Fsp3) is 0.0588. The number of hydrogen-bond acceptors (Lipinski definition) is 5. The Hall–Kier alpha value is -2.73. The third-order valence-electron chi connectivity index (χ3n) is 3.36. The van der Waals surface area contributed by atoms with Crippen LogP contribution in [-0.4, -0.2) is 24.8 Å². The third-order valence-corrected chi connectivity index (χ3v) is 4.32. The van der Waals surface area contributed by atoms with Crippen molar-refractivity contribution in [3.63, 3.8) is 0 Å². The predicted molar refractivity (Wildman–Crippen MR) is 90.0 cm³/mol. The molecule has 0 saturated carbocycles. The average molecular weight is 319 g/mol. The summed E-state index contributed by atoms with van der Waals surface area (Å²) in [5.74, 6) is 1.53. The summed E-state index contributed by atoms with van der Waals surface area (Å²) < 4.78 is 1.79. The molecular formula is C17H13N5S. The van der Waals surface area contributed by atoms with Gasteiger partial charge in [-0.15, -0.1) is 10.2 Å². The first-order valence-electron chi connectivity index (χ1n) is 7.21. The fourth-order valence-electron chi connectivity index (χ4n) is 2.25. The van der Waals surface area contributed by atoms with Gasteiger partial charge in [0.05, 0.1) is 5.69 Å². The monoisotopic (exact) mass is 319 g/mol. The maximum Gasteiger partial charge on any atom is 0.185 e. The van der Waals surface area contributed by atoms with Gasteiger partial charge in [0.2, 0.25) is 0 Å². The van der Waals surface area contributed by atoms with E-state index in [4.69, 9.17) is 0 Å².